The van der Waals surface area contributed by atoms with Crippen LogP contribution in [0.4, 0.5) is 0 Å². The van der Waals surface area contributed by atoms with Crippen LogP contribution in [-0.2, 0) is 0 Å². The summed E-state index contributed by atoms with van der Waals surface area (Å²) in [7, 11) is 0. The van der Waals surface area contributed by atoms with Gasteiger partial charge in [0.05, 0.1) is 6.20 Å². The van der Waals surface area contributed by atoms with Gasteiger partial charge in [0.2, 0.25) is 0 Å². The molecule has 1 saturated heterocycles. The third-order valence-electron chi connectivity index (χ3n) is 3.64. The number of hydrogen-bond acceptors (Lipinski definition) is 2. The van der Waals surface area contributed by atoms with Crippen molar-refractivity contribution in [2.24, 2.45) is 11.8 Å². The lowest BCUT2D eigenvalue weighted by Gasteiger charge is -2.18. The fraction of sp³-hybridized carbons (Fsp3) is 0.583. The van der Waals surface area contributed by atoms with Crippen molar-refractivity contribution in [3.63, 3.8) is 0 Å². The minimum atomic E-state index is 0.750. The van der Waals surface area contributed by atoms with E-state index in [4.69, 9.17) is 0 Å². The molecule has 2 atom stereocenters. The molecule has 15 heavy (non-hydrogen) atoms. The fourth-order valence-electron chi connectivity index (χ4n) is 2.85. The second kappa shape index (κ2) is 3.81. The Morgan fingerprint density at radius 1 is 1.27 bits per heavy atom. The summed E-state index contributed by atoms with van der Waals surface area (Å²) in [5.74, 6) is 1.54. The van der Waals surface area contributed by atoms with E-state index in [9.17, 15) is 0 Å². The lowest BCUT2D eigenvalue weighted by Crippen LogP contribution is -2.23. The number of hydrogen-bond donors (Lipinski definition) is 2. The van der Waals surface area contributed by atoms with Gasteiger partial charge in [-0.2, -0.15) is 5.10 Å². The molecule has 1 aliphatic carbocycles. The van der Waals surface area contributed by atoms with E-state index in [0.717, 1.165) is 18.4 Å². The van der Waals surface area contributed by atoms with Crippen molar-refractivity contribution in [2.75, 3.05) is 13.1 Å². The first-order chi connectivity index (χ1) is 7.43. The molecule has 2 bridgehead atoms. The Morgan fingerprint density at radius 2 is 2.20 bits per heavy atom. The van der Waals surface area contributed by atoms with E-state index in [-0.39, 0.29) is 0 Å². The summed E-state index contributed by atoms with van der Waals surface area (Å²) in [5, 5.41) is 10.5. The normalized spacial score (nSPS) is 30.8. The number of aromatic nitrogens is 2. The molecule has 80 valence electrons. The fourth-order valence-corrected chi connectivity index (χ4v) is 2.85. The maximum Gasteiger partial charge on any atom is 0.0562 e. The van der Waals surface area contributed by atoms with E-state index in [0.29, 0.717) is 0 Å². The summed E-state index contributed by atoms with van der Waals surface area (Å²) in [5.41, 5.74) is 2.82. The molecular weight excluding hydrogens is 186 g/mol. The highest BCUT2D eigenvalue weighted by molar-refractivity contribution is 5.68. The molecule has 2 aliphatic rings. The molecule has 3 heteroatoms. The molecule has 1 aromatic heterocycles. The van der Waals surface area contributed by atoms with Gasteiger partial charge in [0.25, 0.3) is 0 Å². The highest BCUT2D eigenvalue weighted by Crippen LogP contribution is 2.40. The zero-order chi connectivity index (χ0) is 10.1. The zero-order valence-electron chi connectivity index (χ0n) is 8.87. The Bertz CT molecular complexity index is 353. The predicted molar refractivity (Wildman–Crippen MR) is 60.3 cm³/mol. The summed E-state index contributed by atoms with van der Waals surface area (Å²) in [6.45, 7) is 2.33. The molecule has 1 fully saturated rings. The molecule has 0 amide bonds. The van der Waals surface area contributed by atoms with Crippen LogP contribution in [-0.4, -0.2) is 23.3 Å². The highest BCUT2D eigenvalue weighted by atomic mass is 15.1. The van der Waals surface area contributed by atoms with Crippen molar-refractivity contribution >= 4 is 5.57 Å². The van der Waals surface area contributed by atoms with E-state index >= 15 is 0 Å². The molecule has 0 spiro atoms. The average Bonchev–Trinajstić information content (AvgIpc) is 2.84. The SMILES string of the molecule is C1=C(c2cn[nH]c2)C2CCNCCC1C2. The number of nitrogens with zero attached hydrogens (tertiary/aromatic N) is 1. The van der Waals surface area contributed by atoms with Gasteiger partial charge in [-0.3, -0.25) is 5.10 Å². The second-order valence-electron chi connectivity index (χ2n) is 4.63. The van der Waals surface area contributed by atoms with Gasteiger partial charge in [-0.25, -0.2) is 0 Å². The number of rotatable bonds is 1. The summed E-state index contributed by atoms with van der Waals surface area (Å²) >= 11 is 0. The Kier molecular flexibility index (Phi) is 2.33. The van der Waals surface area contributed by atoms with Gasteiger partial charge in [-0.1, -0.05) is 6.08 Å². The molecule has 2 N–H and O–H groups in total. The summed E-state index contributed by atoms with van der Waals surface area (Å²) in [6, 6.07) is 0. The molecule has 0 aromatic carbocycles. The first-order valence-corrected chi connectivity index (χ1v) is 5.85. The minimum absolute atomic E-state index is 0.750. The maximum atomic E-state index is 4.05. The minimum Gasteiger partial charge on any atom is -0.317 e. The largest absolute Gasteiger partial charge is 0.317 e. The Morgan fingerprint density at radius 3 is 3.07 bits per heavy atom. The Hall–Kier alpha value is -1.09. The number of allylic oxidation sites excluding steroid dienone is 2. The van der Waals surface area contributed by atoms with Gasteiger partial charge >= 0.3 is 0 Å². The van der Waals surface area contributed by atoms with E-state index in [1.807, 2.05) is 12.4 Å². The van der Waals surface area contributed by atoms with Gasteiger partial charge in [0.1, 0.15) is 0 Å². The first kappa shape index (κ1) is 9.16. The zero-order valence-corrected chi connectivity index (χ0v) is 8.87. The van der Waals surface area contributed by atoms with E-state index in [1.165, 1.54) is 36.9 Å². The van der Waals surface area contributed by atoms with Crippen LogP contribution in [0.2, 0.25) is 0 Å². The third-order valence-corrected chi connectivity index (χ3v) is 3.64. The van der Waals surface area contributed by atoms with Crippen LogP contribution in [0.25, 0.3) is 5.57 Å². The number of fused-ring (bicyclic) bond motifs is 2. The van der Waals surface area contributed by atoms with Crippen LogP contribution in [0, 0.1) is 11.8 Å². The average molecular weight is 203 g/mol. The molecule has 0 saturated carbocycles. The molecule has 2 unspecified atom stereocenters. The predicted octanol–water partition coefficient (Wildman–Crippen LogP) is 1.81. The third kappa shape index (κ3) is 1.72. The molecule has 0 radical (unpaired) electrons. The lowest BCUT2D eigenvalue weighted by atomic mass is 9.91. The molecule has 2 heterocycles. The van der Waals surface area contributed by atoms with Gasteiger partial charge < -0.3 is 5.32 Å². The lowest BCUT2D eigenvalue weighted by molar-refractivity contribution is 0.420. The van der Waals surface area contributed by atoms with Gasteiger partial charge in [0.15, 0.2) is 0 Å². The second-order valence-corrected chi connectivity index (χ2v) is 4.63. The number of aromatic amines is 1. The van der Waals surface area contributed by atoms with Crippen LogP contribution >= 0.6 is 0 Å². The van der Waals surface area contributed by atoms with Crippen LogP contribution in [0.5, 0.6) is 0 Å². The van der Waals surface area contributed by atoms with Crippen molar-refractivity contribution in [3.05, 3.63) is 24.0 Å². The van der Waals surface area contributed by atoms with Crippen molar-refractivity contribution in [2.45, 2.75) is 19.3 Å². The van der Waals surface area contributed by atoms with Gasteiger partial charge in [0, 0.05) is 11.8 Å². The number of H-pyrrole nitrogens is 1. The standard InChI is InChI=1S/C12H17N3/c1-3-13-4-2-10-5-9(1)6-12(10)11-7-14-15-8-11/h6-10,13H,1-5H2,(H,14,15). The Balaban J connectivity index is 1.88. The van der Waals surface area contributed by atoms with Gasteiger partial charge in [-0.15, -0.1) is 0 Å². The quantitative estimate of drug-likeness (QED) is 0.731. The van der Waals surface area contributed by atoms with Crippen LogP contribution in [0.15, 0.2) is 18.5 Å². The molecular formula is C12H17N3. The van der Waals surface area contributed by atoms with Crippen LogP contribution < -0.4 is 5.32 Å². The van der Waals surface area contributed by atoms with Crippen LogP contribution in [0.1, 0.15) is 24.8 Å². The van der Waals surface area contributed by atoms with E-state index in [2.05, 4.69) is 21.6 Å². The highest BCUT2D eigenvalue weighted by Gasteiger charge is 2.28. The van der Waals surface area contributed by atoms with Crippen molar-refractivity contribution in [1.29, 1.82) is 0 Å². The molecule has 1 aliphatic heterocycles. The van der Waals surface area contributed by atoms with E-state index in [1.54, 1.807) is 0 Å². The molecule has 3 nitrogen and oxygen atoms in total. The smallest absolute Gasteiger partial charge is 0.0562 e. The topological polar surface area (TPSA) is 40.7 Å². The maximum absolute atomic E-state index is 4.05. The van der Waals surface area contributed by atoms with Crippen molar-refractivity contribution in [3.8, 4) is 0 Å². The summed E-state index contributed by atoms with van der Waals surface area (Å²) in [6.07, 6.45) is 10.4. The van der Waals surface area contributed by atoms with Crippen molar-refractivity contribution in [1.82, 2.24) is 15.5 Å². The van der Waals surface area contributed by atoms with Crippen LogP contribution in [0.3, 0.4) is 0 Å². The molecule has 1 aromatic rings. The first-order valence-electron chi connectivity index (χ1n) is 5.85. The van der Waals surface area contributed by atoms with E-state index < -0.39 is 0 Å². The summed E-state index contributed by atoms with van der Waals surface area (Å²) < 4.78 is 0. The number of nitrogens with one attached hydrogen (secondary N) is 2. The monoisotopic (exact) mass is 203 g/mol. The summed E-state index contributed by atoms with van der Waals surface area (Å²) in [4.78, 5) is 0. The Labute approximate surface area is 90.0 Å². The van der Waals surface area contributed by atoms with Gasteiger partial charge in [-0.05, 0) is 49.8 Å². The van der Waals surface area contributed by atoms with Crippen molar-refractivity contribution < 1.29 is 0 Å². The molecule has 3 rings (SSSR count).